The van der Waals surface area contributed by atoms with Crippen LogP contribution in [-0.2, 0) is 13.0 Å². The Hall–Kier alpha value is -2.15. The van der Waals surface area contributed by atoms with E-state index in [-0.39, 0.29) is 11.9 Å². The number of aromatic nitrogens is 4. The highest BCUT2D eigenvalue weighted by molar-refractivity contribution is 5.94. The summed E-state index contributed by atoms with van der Waals surface area (Å²) in [6.07, 6.45) is 10.3. The topological polar surface area (TPSA) is 95.8 Å². The molecule has 26 heavy (non-hydrogen) atoms. The third kappa shape index (κ3) is 3.53. The van der Waals surface area contributed by atoms with Gasteiger partial charge in [-0.3, -0.25) is 9.48 Å². The van der Waals surface area contributed by atoms with Crippen LogP contribution >= 0.6 is 0 Å². The zero-order valence-corrected chi connectivity index (χ0v) is 15.2. The Morgan fingerprint density at radius 1 is 1.42 bits per heavy atom. The van der Waals surface area contributed by atoms with Gasteiger partial charge < -0.3 is 15.4 Å². The number of nitrogens with zero attached hydrogens (tertiary/aromatic N) is 3. The number of aliphatic hydroxyl groups is 1. The van der Waals surface area contributed by atoms with Crippen LogP contribution < -0.4 is 5.32 Å². The maximum atomic E-state index is 12.5. The molecule has 7 heteroatoms. The van der Waals surface area contributed by atoms with Crippen molar-refractivity contribution < 1.29 is 9.90 Å². The van der Waals surface area contributed by atoms with Gasteiger partial charge in [-0.25, -0.2) is 0 Å². The van der Waals surface area contributed by atoms with Crippen LogP contribution in [0.25, 0.3) is 0 Å². The fourth-order valence-electron chi connectivity index (χ4n) is 4.23. The van der Waals surface area contributed by atoms with E-state index >= 15 is 0 Å². The van der Waals surface area contributed by atoms with E-state index in [2.05, 4.69) is 20.6 Å². The van der Waals surface area contributed by atoms with Gasteiger partial charge in [-0.2, -0.15) is 0 Å². The molecule has 0 radical (unpaired) electrons. The Balaban J connectivity index is 1.36. The summed E-state index contributed by atoms with van der Waals surface area (Å²) in [7, 11) is 0. The van der Waals surface area contributed by atoms with Gasteiger partial charge in [-0.05, 0) is 56.6 Å². The van der Waals surface area contributed by atoms with Crippen molar-refractivity contribution in [3.8, 4) is 0 Å². The van der Waals surface area contributed by atoms with Crippen LogP contribution in [0.15, 0.2) is 18.5 Å². The first-order chi connectivity index (χ1) is 12.5. The summed E-state index contributed by atoms with van der Waals surface area (Å²) in [5.74, 6) is 0.325. The fraction of sp³-hybridized carbons (Fsp3) is 0.632. The highest BCUT2D eigenvalue weighted by atomic mass is 16.3. The van der Waals surface area contributed by atoms with E-state index in [1.807, 2.05) is 23.9 Å². The smallest absolute Gasteiger partial charge is 0.268 e. The molecule has 4 rings (SSSR count). The van der Waals surface area contributed by atoms with Gasteiger partial charge in [0.05, 0.1) is 11.3 Å². The highest BCUT2D eigenvalue weighted by Gasteiger charge is 2.35. The molecule has 0 spiro atoms. The van der Waals surface area contributed by atoms with Crippen molar-refractivity contribution in [1.29, 1.82) is 0 Å². The number of rotatable bonds is 6. The number of amides is 1. The average Bonchev–Trinajstić information content (AvgIpc) is 3.29. The molecule has 0 unspecified atom stereocenters. The molecule has 7 nitrogen and oxygen atoms in total. The van der Waals surface area contributed by atoms with Gasteiger partial charge in [-0.15, -0.1) is 5.10 Å². The van der Waals surface area contributed by atoms with Crippen LogP contribution in [0, 0.1) is 12.8 Å². The minimum atomic E-state index is -0.571. The Bertz CT molecular complexity index is 776. The third-order valence-corrected chi connectivity index (χ3v) is 5.96. The van der Waals surface area contributed by atoms with Gasteiger partial charge in [0.1, 0.15) is 5.69 Å². The molecule has 2 aliphatic rings. The summed E-state index contributed by atoms with van der Waals surface area (Å²) in [5.41, 5.74) is 1.89. The first kappa shape index (κ1) is 17.3. The minimum absolute atomic E-state index is 0.0316. The summed E-state index contributed by atoms with van der Waals surface area (Å²) >= 11 is 0. The number of aromatic amines is 1. The standard InChI is InChI=1S/C19H27N5O2/c1-13-6-9-20-17(13)18(25)21-16-5-2-4-14(16)11-24-12-15(22-23-24)10-19(26)7-3-8-19/h6,9,12,14,16,20,26H,2-5,7-8,10-11H2,1H3,(H,21,25)/t14-,16-/m1/s1. The molecule has 0 aromatic carbocycles. The summed E-state index contributed by atoms with van der Waals surface area (Å²) in [6.45, 7) is 2.69. The summed E-state index contributed by atoms with van der Waals surface area (Å²) < 4.78 is 1.87. The van der Waals surface area contributed by atoms with Crippen LogP contribution in [0.1, 0.15) is 60.3 Å². The first-order valence-corrected chi connectivity index (χ1v) is 9.59. The minimum Gasteiger partial charge on any atom is -0.389 e. The summed E-state index contributed by atoms with van der Waals surface area (Å²) in [6, 6.07) is 2.07. The number of aryl methyl sites for hydroxylation is 1. The molecular formula is C19H27N5O2. The average molecular weight is 357 g/mol. The van der Waals surface area contributed by atoms with Crippen LogP contribution in [-0.4, -0.2) is 42.6 Å². The lowest BCUT2D eigenvalue weighted by Gasteiger charge is -2.35. The van der Waals surface area contributed by atoms with E-state index in [0.717, 1.165) is 56.3 Å². The second kappa shape index (κ2) is 6.87. The molecule has 2 aromatic heterocycles. The van der Waals surface area contributed by atoms with Crippen molar-refractivity contribution in [2.75, 3.05) is 0 Å². The number of H-pyrrole nitrogens is 1. The number of hydrogen-bond acceptors (Lipinski definition) is 4. The Morgan fingerprint density at radius 3 is 2.96 bits per heavy atom. The fourth-order valence-corrected chi connectivity index (χ4v) is 4.23. The Morgan fingerprint density at radius 2 is 2.27 bits per heavy atom. The number of hydrogen-bond donors (Lipinski definition) is 3. The van der Waals surface area contributed by atoms with Gasteiger partial charge in [0, 0.05) is 31.4 Å². The number of carbonyl (C=O) groups excluding carboxylic acids is 1. The second-order valence-corrected chi connectivity index (χ2v) is 7.99. The van der Waals surface area contributed by atoms with Crippen LogP contribution in [0.2, 0.25) is 0 Å². The summed E-state index contributed by atoms with van der Waals surface area (Å²) in [4.78, 5) is 15.5. The molecule has 0 saturated heterocycles. The molecule has 0 aliphatic heterocycles. The Kier molecular flexibility index (Phi) is 4.56. The quantitative estimate of drug-likeness (QED) is 0.736. The predicted molar refractivity (Wildman–Crippen MR) is 96.7 cm³/mol. The van der Waals surface area contributed by atoms with Gasteiger partial charge >= 0.3 is 0 Å². The van der Waals surface area contributed by atoms with Crippen molar-refractivity contribution in [3.05, 3.63) is 35.4 Å². The van der Waals surface area contributed by atoms with Gasteiger partial charge in [0.25, 0.3) is 5.91 Å². The number of carbonyl (C=O) groups is 1. The zero-order chi connectivity index (χ0) is 18.1. The van der Waals surface area contributed by atoms with Crippen molar-refractivity contribution in [3.63, 3.8) is 0 Å². The lowest BCUT2D eigenvalue weighted by atomic mass is 9.77. The largest absolute Gasteiger partial charge is 0.389 e. The lowest BCUT2D eigenvalue weighted by Crippen LogP contribution is -2.39. The SMILES string of the molecule is Cc1cc[nH]c1C(=O)N[C@@H]1CCC[C@@H]1Cn1cc(CC2(O)CCC2)nn1. The van der Waals surface area contributed by atoms with Crippen LogP contribution in [0.4, 0.5) is 0 Å². The normalized spacial score (nSPS) is 24.4. The number of nitrogens with one attached hydrogen (secondary N) is 2. The molecule has 3 N–H and O–H groups in total. The molecule has 2 fully saturated rings. The molecular weight excluding hydrogens is 330 g/mol. The van der Waals surface area contributed by atoms with Crippen molar-refractivity contribution in [2.24, 2.45) is 5.92 Å². The highest BCUT2D eigenvalue weighted by Crippen LogP contribution is 2.34. The van der Waals surface area contributed by atoms with E-state index in [1.165, 1.54) is 0 Å². The molecule has 2 atom stereocenters. The summed E-state index contributed by atoms with van der Waals surface area (Å²) in [5, 5.41) is 21.9. The van der Waals surface area contributed by atoms with Crippen molar-refractivity contribution in [2.45, 2.75) is 70.1 Å². The molecule has 2 aromatic rings. The van der Waals surface area contributed by atoms with E-state index < -0.39 is 5.60 Å². The second-order valence-electron chi connectivity index (χ2n) is 7.99. The van der Waals surface area contributed by atoms with E-state index in [1.54, 1.807) is 6.20 Å². The monoisotopic (exact) mass is 357 g/mol. The van der Waals surface area contributed by atoms with Crippen LogP contribution in [0.3, 0.4) is 0 Å². The molecule has 140 valence electrons. The molecule has 2 aliphatic carbocycles. The molecule has 2 heterocycles. The predicted octanol–water partition coefficient (Wildman–Crippen LogP) is 1.97. The zero-order valence-electron chi connectivity index (χ0n) is 15.2. The maximum Gasteiger partial charge on any atom is 0.268 e. The Labute approximate surface area is 153 Å². The van der Waals surface area contributed by atoms with Crippen LogP contribution in [0.5, 0.6) is 0 Å². The molecule has 2 saturated carbocycles. The van der Waals surface area contributed by atoms with E-state index in [9.17, 15) is 9.90 Å². The van der Waals surface area contributed by atoms with E-state index in [4.69, 9.17) is 0 Å². The molecule has 1 amide bonds. The van der Waals surface area contributed by atoms with Gasteiger partial charge in [-0.1, -0.05) is 11.6 Å². The van der Waals surface area contributed by atoms with Gasteiger partial charge in [0.2, 0.25) is 0 Å². The maximum absolute atomic E-state index is 12.5. The third-order valence-electron chi connectivity index (χ3n) is 5.96. The lowest BCUT2D eigenvalue weighted by molar-refractivity contribution is -0.0330. The van der Waals surface area contributed by atoms with Crippen molar-refractivity contribution in [1.82, 2.24) is 25.3 Å². The van der Waals surface area contributed by atoms with Crippen molar-refractivity contribution >= 4 is 5.91 Å². The first-order valence-electron chi connectivity index (χ1n) is 9.59. The van der Waals surface area contributed by atoms with Gasteiger partial charge in [0.15, 0.2) is 0 Å². The van der Waals surface area contributed by atoms with E-state index in [0.29, 0.717) is 18.0 Å². The molecule has 0 bridgehead atoms.